The van der Waals surface area contributed by atoms with Gasteiger partial charge in [0.25, 0.3) is 11.8 Å². The van der Waals surface area contributed by atoms with Crippen molar-refractivity contribution in [2.45, 2.75) is 0 Å². The van der Waals surface area contributed by atoms with Gasteiger partial charge in [-0.1, -0.05) is 41.9 Å². The summed E-state index contributed by atoms with van der Waals surface area (Å²) < 4.78 is 13.7. The minimum absolute atomic E-state index is 0.0777. The van der Waals surface area contributed by atoms with Crippen LogP contribution in [0.3, 0.4) is 0 Å². The Bertz CT molecular complexity index is 1090. The molecule has 27 heavy (non-hydrogen) atoms. The number of hydrogen-bond acceptors (Lipinski definition) is 3. The lowest BCUT2D eigenvalue weighted by molar-refractivity contribution is -0.119. The van der Waals surface area contributed by atoms with E-state index in [-0.39, 0.29) is 23.0 Å². The molecule has 0 fully saturated rings. The van der Waals surface area contributed by atoms with Crippen LogP contribution in [0, 0.1) is 5.82 Å². The predicted molar refractivity (Wildman–Crippen MR) is 103 cm³/mol. The molecular formula is C20H13ClFN3O2. The maximum absolute atomic E-state index is 13.7. The summed E-state index contributed by atoms with van der Waals surface area (Å²) in [7, 11) is 0. The third-order valence-corrected chi connectivity index (χ3v) is 4.66. The Morgan fingerprint density at radius 2 is 1.89 bits per heavy atom. The van der Waals surface area contributed by atoms with Gasteiger partial charge in [0, 0.05) is 16.5 Å². The molecule has 0 saturated heterocycles. The molecule has 1 aliphatic rings. The molecule has 3 aromatic carbocycles. The van der Waals surface area contributed by atoms with Gasteiger partial charge in [-0.25, -0.2) is 9.82 Å². The predicted octanol–water partition coefficient (Wildman–Crippen LogP) is 3.74. The maximum Gasteiger partial charge on any atom is 0.260 e. The zero-order chi connectivity index (χ0) is 19.0. The van der Waals surface area contributed by atoms with Crippen molar-refractivity contribution in [3.8, 4) is 0 Å². The molecule has 0 spiro atoms. The molecule has 3 aromatic rings. The lowest BCUT2D eigenvalue weighted by atomic mass is 10.1. The smallest absolute Gasteiger partial charge is 0.260 e. The molecule has 0 aromatic heterocycles. The molecule has 2 amide bonds. The van der Waals surface area contributed by atoms with E-state index in [0.29, 0.717) is 11.3 Å². The molecule has 1 heterocycles. The molecule has 0 atom stereocenters. The molecular weight excluding hydrogens is 369 g/mol. The summed E-state index contributed by atoms with van der Waals surface area (Å²) in [4.78, 5) is 26.3. The van der Waals surface area contributed by atoms with Gasteiger partial charge in [-0.3, -0.25) is 14.5 Å². The number of rotatable bonds is 4. The van der Waals surface area contributed by atoms with Crippen LogP contribution in [-0.2, 0) is 4.79 Å². The largest absolute Gasteiger partial charge is 0.298 e. The van der Waals surface area contributed by atoms with Crippen molar-refractivity contribution in [1.29, 1.82) is 0 Å². The van der Waals surface area contributed by atoms with E-state index in [1.54, 1.807) is 12.1 Å². The Balaban J connectivity index is 1.51. The van der Waals surface area contributed by atoms with Gasteiger partial charge in [-0.15, -0.1) is 0 Å². The van der Waals surface area contributed by atoms with E-state index in [1.165, 1.54) is 23.1 Å². The summed E-state index contributed by atoms with van der Waals surface area (Å²) in [6.07, 6.45) is 1.14. The maximum atomic E-state index is 13.7. The molecule has 7 heteroatoms. The van der Waals surface area contributed by atoms with E-state index >= 15 is 0 Å². The average molecular weight is 382 g/mol. The van der Waals surface area contributed by atoms with Crippen LogP contribution in [0.25, 0.3) is 10.8 Å². The monoisotopic (exact) mass is 381 g/mol. The minimum atomic E-state index is -0.544. The van der Waals surface area contributed by atoms with Crippen LogP contribution in [0.1, 0.15) is 15.9 Å². The first-order valence-electron chi connectivity index (χ1n) is 8.16. The van der Waals surface area contributed by atoms with Crippen LogP contribution < -0.4 is 10.3 Å². The number of nitrogens with one attached hydrogen (secondary N) is 1. The second kappa shape index (κ2) is 6.81. The van der Waals surface area contributed by atoms with E-state index in [9.17, 15) is 14.0 Å². The summed E-state index contributed by atoms with van der Waals surface area (Å²) in [5, 5.41) is 5.70. The van der Waals surface area contributed by atoms with Crippen LogP contribution in [0.4, 0.5) is 10.1 Å². The number of carbonyl (C=O) groups excluding carboxylic acids is 2. The molecule has 134 valence electrons. The van der Waals surface area contributed by atoms with Crippen LogP contribution in [-0.4, -0.2) is 24.6 Å². The highest BCUT2D eigenvalue weighted by molar-refractivity contribution is 6.33. The Labute approximate surface area is 159 Å². The molecule has 0 saturated carbocycles. The van der Waals surface area contributed by atoms with Gasteiger partial charge in [0.1, 0.15) is 12.4 Å². The highest BCUT2D eigenvalue weighted by atomic mass is 35.5. The third-order valence-electron chi connectivity index (χ3n) is 4.33. The molecule has 0 bridgehead atoms. The van der Waals surface area contributed by atoms with Crippen molar-refractivity contribution in [2.24, 2.45) is 5.10 Å². The fraction of sp³-hybridized carbons (Fsp3) is 0.0500. The topological polar surface area (TPSA) is 61.8 Å². The van der Waals surface area contributed by atoms with Crippen molar-refractivity contribution in [3.63, 3.8) is 0 Å². The number of anilines is 1. The second-order valence-electron chi connectivity index (χ2n) is 6.00. The molecule has 5 nitrogen and oxygen atoms in total. The first-order valence-corrected chi connectivity index (χ1v) is 8.53. The van der Waals surface area contributed by atoms with Gasteiger partial charge in [0.2, 0.25) is 0 Å². The van der Waals surface area contributed by atoms with E-state index in [1.807, 2.05) is 24.3 Å². The van der Waals surface area contributed by atoms with E-state index in [4.69, 9.17) is 11.6 Å². The molecule has 4 rings (SSSR count). The molecule has 1 N–H and O–H groups in total. The van der Waals surface area contributed by atoms with E-state index in [0.717, 1.165) is 17.0 Å². The molecule has 0 radical (unpaired) electrons. The SMILES string of the molecule is O=C(CN1C(=O)c2cccc3cccc1c23)N/N=C\c1c(F)cccc1Cl. The van der Waals surface area contributed by atoms with Gasteiger partial charge < -0.3 is 0 Å². The lowest BCUT2D eigenvalue weighted by Gasteiger charge is -2.16. The second-order valence-corrected chi connectivity index (χ2v) is 6.41. The van der Waals surface area contributed by atoms with Gasteiger partial charge in [-0.2, -0.15) is 5.10 Å². The van der Waals surface area contributed by atoms with E-state index in [2.05, 4.69) is 10.5 Å². The quantitative estimate of drug-likeness (QED) is 0.552. The number of amides is 2. The summed E-state index contributed by atoms with van der Waals surface area (Å²) in [6, 6.07) is 15.3. The lowest BCUT2D eigenvalue weighted by Crippen LogP contribution is -2.37. The van der Waals surface area contributed by atoms with Crippen LogP contribution >= 0.6 is 11.6 Å². The highest BCUT2D eigenvalue weighted by Gasteiger charge is 2.30. The van der Waals surface area contributed by atoms with Crippen molar-refractivity contribution < 1.29 is 14.0 Å². The number of carbonyl (C=O) groups is 2. The van der Waals surface area contributed by atoms with Gasteiger partial charge in [-0.05, 0) is 29.7 Å². The van der Waals surface area contributed by atoms with Crippen molar-refractivity contribution in [1.82, 2.24) is 5.43 Å². The standard InChI is InChI=1S/C20H13ClFN3O2/c21-15-7-3-8-16(22)14(15)10-23-24-18(26)11-25-17-9-2-5-12-4-1-6-13(19(12)17)20(25)27/h1-10H,11H2,(H,24,26)/b23-10-. The summed E-state index contributed by atoms with van der Waals surface area (Å²) in [5.74, 6) is -1.28. The minimum Gasteiger partial charge on any atom is -0.298 e. The number of halogens is 2. The van der Waals surface area contributed by atoms with E-state index < -0.39 is 11.7 Å². The highest BCUT2D eigenvalue weighted by Crippen LogP contribution is 2.36. The average Bonchev–Trinajstić information content (AvgIpc) is 2.92. The fourth-order valence-electron chi connectivity index (χ4n) is 3.12. The summed E-state index contributed by atoms with van der Waals surface area (Å²) in [5.41, 5.74) is 3.63. The first-order chi connectivity index (χ1) is 13.1. The van der Waals surface area contributed by atoms with Crippen LogP contribution in [0.5, 0.6) is 0 Å². The Morgan fingerprint density at radius 1 is 1.15 bits per heavy atom. The summed E-state index contributed by atoms with van der Waals surface area (Å²) >= 11 is 5.90. The van der Waals surface area contributed by atoms with Crippen LogP contribution in [0.15, 0.2) is 59.7 Å². The van der Waals surface area contributed by atoms with Gasteiger partial charge in [0.05, 0.1) is 16.9 Å². The fourth-order valence-corrected chi connectivity index (χ4v) is 3.33. The Kier molecular flexibility index (Phi) is 4.33. The number of hydrogen-bond donors (Lipinski definition) is 1. The number of benzene rings is 3. The Morgan fingerprint density at radius 3 is 2.67 bits per heavy atom. The third kappa shape index (κ3) is 3.04. The van der Waals surface area contributed by atoms with Gasteiger partial charge in [0.15, 0.2) is 0 Å². The zero-order valence-corrected chi connectivity index (χ0v) is 14.7. The summed E-state index contributed by atoms with van der Waals surface area (Å²) in [6.45, 7) is -0.199. The van der Waals surface area contributed by atoms with Crippen LogP contribution in [0.2, 0.25) is 5.02 Å². The van der Waals surface area contributed by atoms with Crippen molar-refractivity contribution in [3.05, 3.63) is 76.6 Å². The first kappa shape index (κ1) is 17.2. The molecule has 0 aliphatic carbocycles. The van der Waals surface area contributed by atoms with Crippen molar-refractivity contribution >= 4 is 46.1 Å². The van der Waals surface area contributed by atoms with Crippen molar-refractivity contribution in [2.75, 3.05) is 11.4 Å². The zero-order valence-electron chi connectivity index (χ0n) is 13.9. The molecule has 1 aliphatic heterocycles. The Hall–Kier alpha value is -3.25. The molecule has 0 unspecified atom stereocenters. The van der Waals surface area contributed by atoms with Gasteiger partial charge >= 0.3 is 0 Å². The normalized spacial score (nSPS) is 13.0. The number of nitrogens with zero attached hydrogens (tertiary/aromatic N) is 2. The number of hydrazone groups is 1.